The zero-order chi connectivity index (χ0) is 43.7. The van der Waals surface area contributed by atoms with E-state index < -0.39 is 49.5 Å². The van der Waals surface area contributed by atoms with Gasteiger partial charge in [-0.05, 0) is 64.2 Å². The molecule has 0 aromatic rings. The van der Waals surface area contributed by atoms with Crippen LogP contribution in [0.15, 0.2) is 72.9 Å². The molecule has 1 aliphatic heterocycles. The highest BCUT2D eigenvalue weighted by Crippen LogP contribution is 2.23. The van der Waals surface area contributed by atoms with Crippen LogP contribution in [0.5, 0.6) is 0 Å². The molecule has 1 heterocycles. The molecule has 60 heavy (non-hydrogen) atoms. The van der Waals surface area contributed by atoms with Gasteiger partial charge in [-0.3, -0.25) is 4.79 Å². The lowest BCUT2D eigenvalue weighted by Crippen LogP contribution is -2.60. The SMILES string of the molecule is CC/C=C\C/C=C\C/C=C\C/C=C\C/C=C\C/C=C\CCCCCCC(=O)NC(COC1OC(CO)C(O)C(O)C1O)C(O)CCCCCCCCCCCCCCCC. The molecule has 6 N–H and O–H groups in total. The van der Waals surface area contributed by atoms with Crippen molar-refractivity contribution in [3.05, 3.63) is 72.9 Å². The third kappa shape index (κ3) is 30.6. The van der Waals surface area contributed by atoms with Crippen molar-refractivity contribution in [1.82, 2.24) is 5.32 Å². The van der Waals surface area contributed by atoms with Crippen molar-refractivity contribution in [3.63, 3.8) is 0 Å². The smallest absolute Gasteiger partial charge is 0.220 e. The lowest BCUT2D eigenvalue weighted by molar-refractivity contribution is -0.302. The first kappa shape index (κ1) is 55.6. The molecule has 1 saturated heterocycles. The zero-order valence-corrected chi connectivity index (χ0v) is 37.9. The van der Waals surface area contributed by atoms with Crippen LogP contribution in [0.1, 0.15) is 187 Å². The molecule has 0 saturated carbocycles. The Morgan fingerprint density at radius 1 is 0.583 bits per heavy atom. The molecular formula is C51H89NO8. The lowest BCUT2D eigenvalue weighted by Gasteiger charge is -2.40. The molecule has 0 aliphatic carbocycles. The van der Waals surface area contributed by atoms with Crippen molar-refractivity contribution in [2.24, 2.45) is 0 Å². The highest BCUT2D eigenvalue weighted by molar-refractivity contribution is 5.76. The normalized spacial score (nSPS) is 21.2. The molecule has 346 valence electrons. The van der Waals surface area contributed by atoms with Gasteiger partial charge in [0.05, 0.1) is 25.4 Å². The third-order valence-electron chi connectivity index (χ3n) is 11.1. The van der Waals surface area contributed by atoms with Gasteiger partial charge in [0.15, 0.2) is 6.29 Å². The van der Waals surface area contributed by atoms with E-state index in [9.17, 15) is 30.3 Å². The molecular weight excluding hydrogens is 755 g/mol. The highest BCUT2D eigenvalue weighted by atomic mass is 16.7. The topological polar surface area (TPSA) is 149 Å². The largest absolute Gasteiger partial charge is 0.394 e. The van der Waals surface area contributed by atoms with Gasteiger partial charge in [-0.25, -0.2) is 0 Å². The molecule has 7 unspecified atom stereocenters. The van der Waals surface area contributed by atoms with Gasteiger partial charge >= 0.3 is 0 Å². The second-order valence-electron chi connectivity index (χ2n) is 16.5. The van der Waals surface area contributed by atoms with Gasteiger partial charge in [-0.1, -0.05) is 189 Å². The van der Waals surface area contributed by atoms with Crippen LogP contribution < -0.4 is 5.32 Å². The van der Waals surface area contributed by atoms with Crippen molar-refractivity contribution in [2.75, 3.05) is 13.2 Å². The van der Waals surface area contributed by atoms with Crippen LogP contribution >= 0.6 is 0 Å². The molecule has 1 rings (SSSR count). The summed E-state index contributed by atoms with van der Waals surface area (Å²) in [7, 11) is 0. The molecule has 0 radical (unpaired) electrons. The summed E-state index contributed by atoms with van der Waals surface area (Å²) >= 11 is 0. The lowest BCUT2D eigenvalue weighted by atomic mass is 9.99. The number of rotatable bonds is 39. The maximum absolute atomic E-state index is 13.0. The van der Waals surface area contributed by atoms with Gasteiger partial charge in [-0.15, -0.1) is 0 Å². The fourth-order valence-corrected chi connectivity index (χ4v) is 7.22. The Labute approximate surface area is 366 Å². The minimum absolute atomic E-state index is 0.153. The van der Waals surface area contributed by atoms with E-state index in [1.165, 1.54) is 70.6 Å². The number of ether oxygens (including phenoxy) is 2. The van der Waals surface area contributed by atoms with Crippen LogP contribution in [0, 0.1) is 0 Å². The van der Waals surface area contributed by atoms with Crippen molar-refractivity contribution in [1.29, 1.82) is 0 Å². The summed E-state index contributed by atoms with van der Waals surface area (Å²) < 4.78 is 11.3. The van der Waals surface area contributed by atoms with E-state index >= 15 is 0 Å². The van der Waals surface area contributed by atoms with E-state index in [-0.39, 0.29) is 12.5 Å². The molecule has 0 bridgehead atoms. The second-order valence-corrected chi connectivity index (χ2v) is 16.5. The number of amides is 1. The number of allylic oxidation sites excluding steroid dienone is 12. The second kappa shape index (κ2) is 40.7. The van der Waals surface area contributed by atoms with Crippen molar-refractivity contribution in [3.8, 4) is 0 Å². The summed E-state index contributed by atoms with van der Waals surface area (Å²) in [6.45, 7) is 3.69. The Kier molecular flexibility index (Phi) is 37.7. The van der Waals surface area contributed by atoms with Crippen LogP contribution in [0.3, 0.4) is 0 Å². The number of hydrogen-bond acceptors (Lipinski definition) is 8. The van der Waals surface area contributed by atoms with Crippen molar-refractivity contribution < 1.29 is 39.8 Å². The van der Waals surface area contributed by atoms with E-state index in [1.54, 1.807) is 0 Å². The first-order valence-electron chi connectivity index (χ1n) is 24.1. The Balaban J connectivity index is 2.33. The van der Waals surface area contributed by atoms with Crippen LogP contribution in [0.4, 0.5) is 0 Å². The Hall–Kier alpha value is -2.37. The summed E-state index contributed by atoms with van der Waals surface area (Å²) in [5.74, 6) is -0.172. The van der Waals surface area contributed by atoms with Gasteiger partial charge in [0.1, 0.15) is 24.4 Å². The van der Waals surface area contributed by atoms with E-state index in [2.05, 4.69) is 92.1 Å². The number of unbranched alkanes of at least 4 members (excludes halogenated alkanes) is 17. The zero-order valence-electron chi connectivity index (χ0n) is 37.9. The number of aliphatic hydroxyl groups excluding tert-OH is 5. The van der Waals surface area contributed by atoms with Gasteiger partial charge < -0.3 is 40.3 Å². The molecule has 1 aliphatic rings. The highest BCUT2D eigenvalue weighted by Gasteiger charge is 2.44. The van der Waals surface area contributed by atoms with Crippen LogP contribution in [0.25, 0.3) is 0 Å². The van der Waals surface area contributed by atoms with Gasteiger partial charge in [-0.2, -0.15) is 0 Å². The minimum atomic E-state index is -1.56. The van der Waals surface area contributed by atoms with Crippen LogP contribution in [-0.2, 0) is 14.3 Å². The maximum atomic E-state index is 13.0. The molecule has 7 atom stereocenters. The molecule has 9 heteroatoms. The van der Waals surface area contributed by atoms with Crippen molar-refractivity contribution >= 4 is 5.91 Å². The number of aliphatic hydroxyl groups is 5. The van der Waals surface area contributed by atoms with E-state index in [0.29, 0.717) is 12.8 Å². The molecule has 1 amide bonds. The van der Waals surface area contributed by atoms with Crippen LogP contribution in [0.2, 0.25) is 0 Å². The predicted molar refractivity (Wildman–Crippen MR) is 249 cm³/mol. The standard InChI is InChI=1S/C51H89NO8/c1-3-5-7-9-11-13-15-17-19-20-21-22-23-24-25-26-27-29-31-33-35-37-39-41-47(55)52-44(43-59-51-50(58)49(57)48(56)46(42-53)60-51)45(54)40-38-36-34-32-30-28-18-16-14-12-10-8-6-4-2/h5,7,11,13,17,19,21-22,24-25,27,29,44-46,48-51,53-54,56-58H,3-4,6,8-10,12,14-16,18,20,23,26,28,30-43H2,1-2H3,(H,52,55)/b7-5-,13-11-,19-17-,22-21-,25-24-,29-27-. The number of carbonyl (C=O) groups excluding carboxylic acids is 1. The van der Waals surface area contributed by atoms with E-state index in [4.69, 9.17) is 9.47 Å². The molecule has 0 aromatic heterocycles. The average molecular weight is 844 g/mol. The minimum Gasteiger partial charge on any atom is -0.394 e. The Morgan fingerprint density at radius 3 is 1.53 bits per heavy atom. The summed E-state index contributed by atoms with van der Waals surface area (Å²) in [5.41, 5.74) is 0. The average Bonchev–Trinajstić information content (AvgIpc) is 3.25. The first-order valence-corrected chi connectivity index (χ1v) is 24.1. The van der Waals surface area contributed by atoms with Crippen LogP contribution in [-0.4, -0.2) is 87.5 Å². The number of nitrogens with one attached hydrogen (secondary N) is 1. The molecule has 0 spiro atoms. The fraction of sp³-hybridized carbons (Fsp3) is 0.745. The summed E-state index contributed by atoms with van der Waals surface area (Å²) in [5, 5.41) is 54.4. The molecule has 0 aromatic carbocycles. The summed E-state index contributed by atoms with van der Waals surface area (Å²) in [6.07, 6.45) is 47.6. The third-order valence-corrected chi connectivity index (χ3v) is 11.1. The Morgan fingerprint density at radius 2 is 1.03 bits per heavy atom. The summed E-state index contributed by atoms with van der Waals surface area (Å²) in [4.78, 5) is 13.0. The van der Waals surface area contributed by atoms with Gasteiger partial charge in [0, 0.05) is 6.42 Å². The molecule has 1 fully saturated rings. The van der Waals surface area contributed by atoms with E-state index in [1.807, 2.05) is 0 Å². The number of hydrogen-bond donors (Lipinski definition) is 6. The maximum Gasteiger partial charge on any atom is 0.220 e. The molecule has 9 nitrogen and oxygen atoms in total. The van der Waals surface area contributed by atoms with Crippen molar-refractivity contribution in [2.45, 2.75) is 230 Å². The monoisotopic (exact) mass is 844 g/mol. The first-order chi connectivity index (χ1) is 29.3. The summed E-state index contributed by atoms with van der Waals surface area (Å²) in [6, 6.07) is -0.736. The number of carbonyl (C=O) groups is 1. The van der Waals surface area contributed by atoms with E-state index in [0.717, 1.165) is 89.9 Å². The van der Waals surface area contributed by atoms with Gasteiger partial charge in [0.25, 0.3) is 0 Å². The predicted octanol–water partition coefficient (Wildman–Crippen LogP) is 10.6. The quantitative estimate of drug-likeness (QED) is 0.0265. The Bertz CT molecular complexity index is 1160. The van der Waals surface area contributed by atoms with Gasteiger partial charge in [0.2, 0.25) is 5.91 Å². The fourth-order valence-electron chi connectivity index (χ4n) is 7.22.